The van der Waals surface area contributed by atoms with Crippen LogP contribution in [0.1, 0.15) is 7.43 Å². The molecule has 4 N–H and O–H groups in total. The minimum atomic E-state index is -0.282. The molecule has 2 fully saturated rings. The zero-order valence-corrected chi connectivity index (χ0v) is 24.9. The molecule has 0 spiro atoms. The van der Waals surface area contributed by atoms with Gasteiger partial charge in [0.05, 0.1) is 0 Å². The molecule has 0 aromatic rings. The van der Waals surface area contributed by atoms with E-state index in [0.29, 0.717) is 0 Å². The van der Waals surface area contributed by atoms with Gasteiger partial charge in [-0.3, -0.25) is 19.3 Å². The summed E-state index contributed by atoms with van der Waals surface area (Å²) in [6.07, 6.45) is 0. The Bertz CT molecular complexity index is 361. The quantitative estimate of drug-likeness (QED) is 0.203. The molecule has 2 aliphatic rings. The average Bonchev–Trinajstić information content (AvgIpc) is 2.51. The highest BCUT2D eigenvalue weighted by Gasteiger charge is 2.19. The van der Waals surface area contributed by atoms with Crippen LogP contribution in [0.3, 0.4) is 0 Å². The van der Waals surface area contributed by atoms with Crippen molar-refractivity contribution in [2.75, 3.05) is 61.5 Å². The van der Waals surface area contributed by atoms with E-state index in [9.17, 15) is 0 Å². The largest absolute Gasteiger partial charge is 0.347 e. The van der Waals surface area contributed by atoms with Gasteiger partial charge in [0.1, 0.15) is 0 Å². The van der Waals surface area contributed by atoms with Crippen LogP contribution in [0.4, 0.5) is 0 Å². The van der Waals surface area contributed by atoms with E-state index in [1.54, 1.807) is 0 Å². The van der Waals surface area contributed by atoms with Gasteiger partial charge in [-0.15, -0.1) is 0 Å². The standard InChI is InChI=1S/C9H38N10Si6.CH4/c1-14(2)9-15(3)24-19-21-12-8-18(25-19)6-10-5-17-7-11-20-16(4)22-13-23-17;/h10-13H,5-9,20-25H2,1-4H3;1H4. The monoisotopic (exact) mass is 470 g/mol. The van der Waals surface area contributed by atoms with Gasteiger partial charge in [0, 0.05) is 33.3 Å². The van der Waals surface area contributed by atoms with Gasteiger partial charge in [0.2, 0.25) is 0 Å². The van der Waals surface area contributed by atoms with Gasteiger partial charge >= 0.3 is 0 Å². The van der Waals surface area contributed by atoms with E-state index >= 15 is 0 Å². The van der Waals surface area contributed by atoms with E-state index in [1.807, 2.05) is 0 Å². The van der Waals surface area contributed by atoms with Crippen molar-refractivity contribution in [1.82, 2.24) is 46.7 Å². The summed E-state index contributed by atoms with van der Waals surface area (Å²) >= 11 is 0. The van der Waals surface area contributed by atoms with Crippen molar-refractivity contribution in [3.05, 3.63) is 0 Å². The first-order chi connectivity index (χ1) is 12.0. The predicted molar refractivity (Wildman–Crippen MR) is 130 cm³/mol. The molecule has 2 aliphatic heterocycles. The second-order valence-electron chi connectivity index (χ2n) is 7.49. The van der Waals surface area contributed by atoms with E-state index in [0.717, 1.165) is 33.3 Å². The first-order valence-electron chi connectivity index (χ1n) is 9.04. The maximum atomic E-state index is 3.78. The molecule has 2 heterocycles. The molecule has 0 unspecified atom stereocenters. The van der Waals surface area contributed by atoms with E-state index in [-0.39, 0.29) is 66.5 Å². The van der Waals surface area contributed by atoms with Gasteiger partial charge in [-0.25, -0.2) is 0 Å². The third-order valence-corrected chi connectivity index (χ3v) is 16.7. The summed E-state index contributed by atoms with van der Waals surface area (Å²) < 4.78 is 17.0. The molecule has 26 heavy (non-hydrogen) atoms. The first kappa shape index (κ1) is 24.9. The molecule has 2 rings (SSSR count). The molecule has 0 bridgehead atoms. The Morgan fingerprint density at radius 1 is 1.00 bits per heavy atom. The van der Waals surface area contributed by atoms with E-state index in [4.69, 9.17) is 0 Å². The summed E-state index contributed by atoms with van der Waals surface area (Å²) in [5.41, 5.74) is 0. The normalized spacial score (nSPS) is 27.5. The molecule has 0 aliphatic carbocycles. The fourth-order valence-electron chi connectivity index (χ4n) is 3.21. The lowest BCUT2D eigenvalue weighted by molar-refractivity contribution is 0.292. The summed E-state index contributed by atoms with van der Waals surface area (Å²) in [7, 11) is 7.54. The Labute approximate surface area is 174 Å². The fourth-order valence-corrected chi connectivity index (χ4v) is 19.6. The minimum absolute atomic E-state index is 0. The maximum absolute atomic E-state index is 3.78. The molecule has 0 aromatic carbocycles. The van der Waals surface area contributed by atoms with Crippen LogP contribution in [0.2, 0.25) is 0 Å². The molecule has 156 valence electrons. The smallest absolute Gasteiger partial charge is 0.166 e. The summed E-state index contributed by atoms with van der Waals surface area (Å²) in [4.78, 5) is 9.66. The van der Waals surface area contributed by atoms with E-state index < -0.39 is 0 Å². The fraction of sp³-hybridized carbons (Fsp3) is 1.00. The lowest BCUT2D eigenvalue weighted by atomic mass is 10.9. The Kier molecular flexibility index (Phi) is 13.4. The van der Waals surface area contributed by atoms with Crippen molar-refractivity contribution >= 4 is 59.1 Å². The Morgan fingerprint density at radius 2 is 1.69 bits per heavy atom. The molecule has 0 radical (unpaired) electrons. The van der Waals surface area contributed by atoms with Crippen LogP contribution < -0.4 is 19.9 Å². The zero-order valence-electron chi connectivity index (χ0n) is 16.5. The lowest BCUT2D eigenvalue weighted by Crippen LogP contribution is -2.63. The van der Waals surface area contributed by atoms with Gasteiger partial charge in [0.15, 0.2) is 59.1 Å². The van der Waals surface area contributed by atoms with Gasteiger partial charge in [0.25, 0.3) is 0 Å². The highest BCUT2D eigenvalue weighted by molar-refractivity contribution is 6.63. The first-order valence-corrected chi connectivity index (χ1v) is 16.9. The number of hydrogen-bond acceptors (Lipinski definition) is 10. The molecule has 0 aromatic heterocycles. The highest BCUT2D eigenvalue weighted by Crippen LogP contribution is 1.94. The second-order valence-corrected chi connectivity index (χ2v) is 23.6. The summed E-state index contributed by atoms with van der Waals surface area (Å²) in [5, 5.41) is 3.69. The van der Waals surface area contributed by atoms with Crippen molar-refractivity contribution in [2.45, 2.75) is 7.43 Å². The topological polar surface area (TPSA) is 67.6 Å². The van der Waals surface area contributed by atoms with Crippen LogP contribution in [-0.2, 0) is 0 Å². The van der Waals surface area contributed by atoms with E-state index in [1.165, 1.54) is 0 Å². The number of rotatable bonds is 8. The third-order valence-electron chi connectivity index (χ3n) is 4.14. The summed E-state index contributed by atoms with van der Waals surface area (Å²) in [6, 6.07) is 0. The molecule has 16 heteroatoms. The van der Waals surface area contributed by atoms with Gasteiger partial charge in [-0.05, 0) is 28.2 Å². The maximum Gasteiger partial charge on any atom is 0.166 e. The van der Waals surface area contributed by atoms with Crippen LogP contribution in [0.15, 0.2) is 0 Å². The van der Waals surface area contributed by atoms with Crippen LogP contribution >= 0.6 is 0 Å². The van der Waals surface area contributed by atoms with Crippen LogP contribution in [0.25, 0.3) is 0 Å². The van der Waals surface area contributed by atoms with Crippen molar-refractivity contribution in [3.63, 3.8) is 0 Å². The number of nitrogens with one attached hydrogen (secondary N) is 4. The molecule has 10 nitrogen and oxygen atoms in total. The molecule has 0 atom stereocenters. The predicted octanol–water partition coefficient (Wildman–Crippen LogP) is -7.88. The lowest BCUT2D eigenvalue weighted by Gasteiger charge is -2.38. The van der Waals surface area contributed by atoms with Crippen molar-refractivity contribution in [1.29, 1.82) is 0 Å². The average molecular weight is 471 g/mol. The van der Waals surface area contributed by atoms with Crippen LogP contribution in [-0.4, -0.2) is 147 Å². The molecule has 0 amide bonds. The number of nitrogens with zero attached hydrogens (tertiary/aromatic N) is 6. The molecular formula is C10H42N10Si6. The molecule has 0 saturated carbocycles. The van der Waals surface area contributed by atoms with Crippen molar-refractivity contribution < 1.29 is 0 Å². The summed E-state index contributed by atoms with van der Waals surface area (Å²) in [5.74, 6) is 0. The number of hydrogen-bond donors (Lipinski definition) is 4. The van der Waals surface area contributed by atoms with Crippen LogP contribution in [0.5, 0.6) is 0 Å². The Hall–Kier alpha value is 0.901. The Balaban J connectivity index is 0.00000338. The van der Waals surface area contributed by atoms with Crippen LogP contribution in [0, 0.1) is 0 Å². The zero-order chi connectivity index (χ0) is 18.1. The summed E-state index contributed by atoms with van der Waals surface area (Å²) in [6.45, 7) is 5.32. The van der Waals surface area contributed by atoms with Gasteiger partial charge in [-0.1, -0.05) is 7.43 Å². The van der Waals surface area contributed by atoms with Crippen molar-refractivity contribution in [3.8, 4) is 0 Å². The molecule has 2 saturated heterocycles. The second kappa shape index (κ2) is 14.0. The van der Waals surface area contributed by atoms with Gasteiger partial charge < -0.3 is 27.3 Å². The third kappa shape index (κ3) is 10.4. The molecular weight excluding hydrogens is 429 g/mol. The van der Waals surface area contributed by atoms with Crippen molar-refractivity contribution in [2.24, 2.45) is 0 Å². The Morgan fingerprint density at radius 3 is 2.46 bits per heavy atom. The SMILES string of the molecule is C.CN(C)CN(C)[SiH2]N1[SiH2]NCN(CNCN2CN[SiH2]N(C)[SiH2]N[SiH2]2)[SiH2]1. The van der Waals surface area contributed by atoms with E-state index in [2.05, 4.69) is 74.8 Å². The highest BCUT2D eigenvalue weighted by atomic mass is 28.4. The van der Waals surface area contributed by atoms with Gasteiger partial charge in [-0.2, -0.15) is 0 Å². The minimum Gasteiger partial charge on any atom is -0.347 e.